The van der Waals surface area contributed by atoms with Crippen LogP contribution in [0.4, 0.5) is 4.79 Å². The summed E-state index contributed by atoms with van der Waals surface area (Å²) in [7, 11) is 0. The zero-order chi connectivity index (χ0) is 16.3. The molecule has 9 heteroatoms. The van der Waals surface area contributed by atoms with Gasteiger partial charge in [-0.05, 0) is 19.4 Å². The van der Waals surface area contributed by atoms with Crippen LogP contribution in [-0.2, 0) is 19.2 Å². The fourth-order valence-electron chi connectivity index (χ4n) is 2.60. The van der Waals surface area contributed by atoms with E-state index in [9.17, 15) is 14.4 Å². The highest BCUT2D eigenvalue weighted by molar-refractivity contribution is 5.91. The van der Waals surface area contributed by atoms with E-state index >= 15 is 0 Å². The monoisotopic (exact) mass is 313 g/mol. The van der Waals surface area contributed by atoms with Gasteiger partial charge in [0.05, 0.1) is 19.2 Å². The molecule has 9 nitrogen and oxygen atoms in total. The van der Waals surface area contributed by atoms with E-state index in [1.165, 1.54) is 4.90 Å². The molecule has 1 fully saturated rings. The Morgan fingerprint density at radius 1 is 1.50 bits per heavy atom. The molecule has 0 unspecified atom stereocenters. The minimum absolute atomic E-state index is 0.230. The second kappa shape index (κ2) is 6.75. The summed E-state index contributed by atoms with van der Waals surface area (Å²) in [5, 5.41) is 12.2. The maximum atomic E-state index is 12.3. The number of urea groups is 1. The van der Waals surface area contributed by atoms with Crippen molar-refractivity contribution in [3.63, 3.8) is 0 Å². The molecule has 2 bridgehead atoms. The number of carbonyl (C=O) groups is 3. The molecule has 3 amide bonds. The Morgan fingerprint density at radius 2 is 2.23 bits per heavy atom. The molecule has 0 saturated carbocycles. The maximum Gasteiger partial charge on any atom is 0.345 e. The lowest BCUT2D eigenvalue weighted by atomic mass is 10.0. The van der Waals surface area contributed by atoms with Gasteiger partial charge in [0.1, 0.15) is 12.8 Å². The molecule has 0 aromatic heterocycles. The van der Waals surface area contributed by atoms with E-state index in [2.05, 4.69) is 5.32 Å². The van der Waals surface area contributed by atoms with Gasteiger partial charge in [-0.15, -0.1) is 0 Å². The first-order valence-corrected chi connectivity index (χ1v) is 6.94. The Bertz CT molecular complexity index is 506. The molecule has 0 aromatic rings. The Kier molecular flexibility index (Phi) is 4.99. The van der Waals surface area contributed by atoms with Crippen molar-refractivity contribution < 1.29 is 29.1 Å². The number of carbonyl (C=O) groups excluding carboxylic acids is 3. The highest BCUT2D eigenvalue weighted by atomic mass is 16.7. The molecular weight excluding hydrogens is 294 g/mol. The van der Waals surface area contributed by atoms with Gasteiger partial charge in [0.2, 0.25) is 5.91 Å². The molecule has 2 N–H and O–H groups in total. The summed E-state index contributed by atoms with van der Waals surface area (Å²) in [6, 6.07) is -1.65. The summed E-state index contributed by atoms with van der Waals surface area (Å²) in [5.74, 6) is -1.03. The highest BCUT2D eigenvalue weighted by Gasteiger charge is 2.47. The molecule has 1 saturated heterocycles. The van der Waals surface area contributed by atoms with Gasteiger partial charge in [-0.1, -0.05) is 6.08 Å². The third-order valence-corrected chi connectivity index (χ3v) is 3.45. The Labute approximate surface area is 127 Å². The molecule has 0 aromatic carbocycles. The van der Waals surface area contributed by atoms with Crippen LogP contribution >= 0.6 is 0 Å². The first kappa shape index (κ1) is 16.2. The van der Waals surface area contributed by atoms with Gasteiger partial charge in [0, 0.05) is 0 Å². The number of aliphatic hydroxyl groups excluding tert-OH is 1. The van der Waals surface area contributed by atoms with Gasteiger partial charge in [0.25, 0.3) is 0 Å². The number of esters is 1. The van der Waals surface area contributed by atoms with E-state index in [0.29, 0.717) is 5.57 Å². The molecule has 2 rings (SSSR count). The van der Waals surface area contributed by atoms with E-state index in [1.54, 1.807) is 19.9 Å². The molecule has 2 heterocycles. The average molecular weight is 313 g/mol. The van der Waals surface area contributed by atoms with E-state index in [1.807, 2.05) is 0 Å². The van der Waals surface area contributed by atoms with Crippen LogP contribution < -0.4 is 5.32 Å². The molecule has 122 valence electrons. The predicted octanol–water partition coefficient (Wildman–Crippen LogP) is -1.02. The largest absolute Gasteiger partial charge is 0.464 e. The number of aliphatic hydroxyl groups is 1. The van der Waals surface area contributed by atoms with Crippen LogP contribution in [-0.4, -0.2) is 71.6 Å². The molecule has 2 aliphatic heterocycles. The zero-order valence-electron chi connectivity index (χ0n) is 12.4. The lowest BCUT2D eigenvalue weighted by molar-refractivity contribution is -0.169. The molecule has 0 spiro atoms. The van der Waals surface area contributed by atoms with Gasteiger partial charge < -0.3 is 20.1 Å². The Balaban J connectivity index is 2.06. The third-order valence-electron chi connectivity index (χ3n) is 3.45. The number of fused-ring (bicyclic) bond motifs is 2. The standard InChI is InChI=1S/C13H19N3O6/c1-3-21-10(18)6-22-16-9-4-8(2)11(12(19)14-7-17)15(5-9)13(16)20/h4,9,11,17H,3,5-7H2,1-2H3,(H,14,19)/t9-,11-/m0/s1. The van der Waals surface area contributed by atoms with Crippen molar-refractivity contribution in [3.8, 4) is 0 Å². The average Bonchev–Trinajstić information content (AvgIpc) is 2.70. The van der Waals surface area contributed by atoms with E-state index < -0.39 is 30.7 Å². The van der Waals surface area contributed by atoms with Crippen molar-refractivity contribution in [3.05, 3.63) is 11.6 Å². The fourth-order valence-corrected chi connectivity index (χ4v) is 2.60. The lowest BCUT2D eigenvalue weighted by Crippen LogP contribution is -2.50. The van der Waals surface area contributed by atoms with Crippen LogP contribution in [0.25, 0.3) is 0 Å². The van der Waals surface area contributed by atoms with Crippen LogP contribution in [0.3, 0.4) is 0 Å². The first-order chi connectivity index (χ1) is 10.5. The van der Waals surface area contributed by atoms with Crippen molar-refractivity contribution in [1.29, 1.82) is 0 Å². The minimum atomic E-state index is -0.785. The quantitative estimate of drug-likeness (QED) is 0.369. The Morgan fingerprint density at radius 3 is 2.86 bits per heavy atom. The number of nitrogens with one attached hydrogen (secondary N) is 1. The van der Waals surface area contributed by atoms with Crippen LogP contribution in [0, 0.1) is 0 Å². The van der Waals surface area contributed by atoms with Gasteiger partial charge in [-0.3, -0.25) is 9.63 Å². The maximum absolute atomic E-state index is 12.3. The zero-order valence-corrected chi connectivity index (χ0v) is 12.4. The van der Waals surface area contributed by atoms with Gasteiger partial charge in [-0.2, -0.15) is 5.06 Å². The smallest absolute Gasteiger partial charge is 0.345 e. The number of hydrogen-bond acceptors (Lipinski definition) is 6. The van der Waals surface area contributed by atoms with Crippen molar-refractivity contribution in [2.24, 2.45) is 0 Å². The van der Waals surface area contributed by atoms with Gasteiger partial charge in [-0.25, -0.2) is 9.59 Å². The number of hydrogen-bond donors (Lipinski definition) is 2. The van der Waals surface area contributed by atoms with Crippen LogP contribution in [0.5, 0.6) is 0 Å². The summed E-state index contributed by atoms with van der Waals surface area (Å²) < 4.78 is 4.74. The number of nitrogens with zero attached hydrogens (tertiary/aromatic N) is 2. The molecule has 0 radical (unpaired) electrons. The second-order valence-electron chi connectivity index (χ2n) is 4.92. The molecule has 22 heavy (non-hydrogen) atoms. The van der Waals surface area contributed by atoms with Gasteiger partial charge >= 0.3 is 12.0 Å². The molecule has 2 atom stereocenters. The number of rotatable bonds is 6. The minimum Gasteiger partial charge on any atom is -0.464 e. The summed E-state index contributed by atoms with van der Waals surface area (Å²) in [6.07, 6.45) is 1.74. The van der Waals surface area contributed by atoms with E-state index in [0.717, 1.165) is 5.06 Å². The number of amides is 3. The third kappa shape index (κ3) is 3.04. The Hall–Kier alpha value is -2.13. The molecule has 2 aliphatic rings. The lowest BCUT2D eigenvalue weighted by Gasteiger charge is -2.28. The van der Waals surface area contributed by atoms with Crippen LogP contribution in [0.1, 0.15) is 13.8 Å². The molecule has 0 aliphatic carbocycles. The van der Waals surface area contributed by atoms with Crippen molar-refractivity contribution in [2.45, 2.75) is 25.9 Å². The van der Waals surface area contributed by atoms with Crippen LogP contribution in [0.2, 0.25) is 0 Å². The predicted molar refractivity (Wildman–Crippen MR) is 73.1 cm³/mol. The van der Waals surface area contributed by atoms with Crippen LogP contribution in [0.15, 0.2) is 11.6 Å². The van der Waals surface area contributed by atoms with Crippen molar-refractivity contribution in [2.75, 3.05) is 26.5 Å². The number of ether oxygens (including phenoxy) is 1. The summed E-state index contributed by atoms with van der Waals surface area (Å²) in [5.41, 5.74) is 0.679. The van der Waals surface area contributed by atoms with Crippen molar-refractivity contribution >= 4 is 17.9 Å². The highest BCUT2D eigenvalue weighted by Crippen LogP contribution is 2.29. The van der Waals surface area contributed by atoms with E-state index in [4.69, 9.17) is 14.7 Å². The summed E-state index contributed by atoms with van der Waals surface area (Å²) >= 11 is 0. The summed E-state index contributed by atoms with van der Waals surface area (Å²) in [4.78, 5) is 42.2. The number of hydroxylamine groups is 2. The van der Waals surface area contributed by atoms with Crippen molar-refractivity contribution in [1.82, 2.24) is 15.3 Å². The fraction of sp³-hybridized carbons (Fsp3) is 0.615. The topological polar surface area (TPSA) is 108 Å². The second-order valence-corrected chi connectivity index (χ2v) is 4.92. The summed E-state index contributed by atoms with van der Waals surface area (Å²) in [6.45, 7) is 3.04. The normalized spacial score (nSPS) is 23.4. The van der Waals surface area contributed by atoms with Gasteiger partial charge in [0.15, 0.2) is 6.61 Å². The van der Waals surface area contributed by atoms with E-state index in [-0.39, 0.29) is 25.8 Å². The first-order valence-electron chi connectivity index (χ1n) is 6.94. The SMILES string of the molecule is CCOC(=O)CON1C(=O)N2C[C@@H]1C=C(C)[C@H]2C(=O)NCO. The molecular formula is C13H19N3O6.